The van der Waals surface area contributed by atoms with Gasteiger partial charge in [0.2, 0.25) is 5.91 Å². The molecule has 0 unspecified atom stereocenters. The molecule has 32 heavy (non-hydrogen) atoms. The van der Waals surface area contributed by atoms with Crippen LogP contribution in [0.25, 0.3) is 10.4 Å². The lowest BCUT2D eigenvalue weighted by atomic mass is 10.1. The SMILES string of the molecule is CC(C)(C)OC(=O)NCC(=O)Nc1ccc(-c2sc(C(=O)O)c(OCC(=O)O)c2Br)cc1. The number of halogens is 1. The number of alkyl carbamates (subject to hydrolysis) is 1. The van der Waals surface area contributed by atoms with E-state index in [9.17, 15) is 24.3 Å². The molecule has 1 aromatic heterocycles. The van der Waals surface area contributed by atoms with E-state index in [0.29, 0.717) is 20.6 Å². The van der Waals surface area contributed by atoms with E-state index >= 15 is 0 Å². The standard InChI is InChI=1S/C20H21BrN2O8S/c1-20(2,3)31-19(29)22-8-12(24)23-11-6-4-10(5-7-11)16-14(21)15(30-9-13(25)26)17(32-16)18(27)28/h4-7H,8-9H2,1-3H3,(H,22,29)(H,23,24)(H,25,26)(H,27,28). The minimum absolute atomic E-state index is 0.0644. The highest BCUT2D eigenvalue weighted by molar-refractivity contribution is 9.10. The van der Waals surface area contributed by atoms with Crippen LogP contribution in [0.3, 0.4) is 0 Å². The van der Waals surface area contributed by atoms with Gasteiger partial charge in [-0.1, -0.05) is 12.1 Å². The molecule has 0 bridgehead atoms. The molecule has 10 nitrogen and oxygen atoms in total. The second-order valence-corrected chi connectivity index (χ2v) is 9.19. The molecule has 12 heteroatoms. The average Bonchev–Trinajstić information content (AvgIpc) is 3.01. The molecule has 0 aliphatic heterocycles. The van der Waals surface area contributed by atoms with Gasteiger partial charge in [0.15, 0.2) is 17.2 Å². The Bertz CT molecular complexity index is 1030. The largest absolute Gasteiger partial charge is 0.479 e. The van der Waals surface area contributed by atoms with Crippen molar-refractivity contribution >= 4 is 56.9 Å². The molecule has 2 aromatic rings. The van der Waals surface area contributed by atoms with Gasteiger partial charge in [0.05, 0.1) is 9.35 Å². The van der Waals surface area contributed by atoms with Crippen molar-refractivity contribution in [2.24, 2.45) is 0 Å². The predicted molar refractivity (Wildman–Crippen MR) is 120 cm³/mol. The number of rotatable bonds is 8. The fourth-order valence-corrected chi connectivity index (χ4v) is 4.26. The highest BCUT2D eigenvalue weighted by atomic mass is 79.9. The molecule has 0 aliphatic carbocycles. The Morgan fingerprint density at radius 1 is 1.09 bits per heavy atom. The van der Waals surface area contributed by atoms with Crippen molar-refractivity contribution in [3.63, 3.8) is 0 Å². The van der Waals surface area contributed by atoms with Crippen LogP contribution in [0.4, 0.5) is 10.5 Å². The van der Waals surface area contributed by atoms with Gasteiger partial charge in [0.25, 0.3) is 0 Å². The summed E-state index contributed by atoms with van der Waals surface area (Å²) in [7, 11) is 0. The number of aliphatic carboxylic acids is 1. The fraction of sp³-hybridized carbons (Fsp3) is 0.300. The zero-order valence-electron chi connectivity index (χ0n) is 17.4. The van der Waals surface area contributed by atoms with E-state index in [1.807, 2.05) is 0 Å². The Hall–Kier alpha value is -3.12. The monoisotopic (exact) mass is 528 g/mol. The molecule has 0 atom stereocenters. The molecule has 0 saturated carbocycles. The van der Waals surface area contributed by atoms with Crippen LogP contribution >= 0.6 is 27.3 Å². The van der Waals surface area contributed by atoms with Gasteiger partial charge >= 0.3 is 18.0 Å². The van der Waals surface area contributed by atoms with E-state index in [1.54, 1.807) is 45.0 Å². The number of ether oxygens (including phenoxy) is 2. The number of carboxylic acid groups (broad SMARTS) is 2. The van der Waals surface area contributed by atoms with Gasteiger partial charge in [-0.15, -0.1) is 11.3 Å². The van der Waals surface area contributed by atoms with Crippen LogP contribution in [-0.2, 0) is 14.3 Å². The first-order chi connectivity index (χ1) is 14.9. The molecule has 2 amide bonds. The van der Waals surface area contributed by atoms with Crippen LogP contribution in [-0.4, -0.2) is 52.9 Å². The van der Waals surface area contributed by atoms with Gasteiger partial charge < -0.3 is 30.3 Å². The number of thiophene rings is 1. The average molecular weight is 529 g/mol. The summed E-state index contributed by atoms with van der Waals surface area (Å²) in [6, 6.07) is 6.51. The molecule has 0 radical (unpaired) electrons. The maximum absolute atomic E-state index is 12.0. The van der Waals surface area contributed by atoms with Gasteiger partial charge in [-0.05, 0) is 54.4 Å². The van der Waals surface area contributed by atoms with E-state index in [1.165, 1.54) is 0 Å². The summed E-state index contributed by atoms with van der Waals surface area (Å²) >= 11 is 4.20. The van der Waals surface area contributed by atoms with E-state index in [0.717, 1.165) is 11.3 Å². The first-order valence-corrected chi connectivity index (χ1v) is 10.8. The third kappa shape index (κ3) is 7.24. The van der Waals surface area contributed by atoms with Crippen molar-refractivity contribution in [3.05, 3.63) is 33.6 Å². The normalized spacial score (nSPS) is 10.9. The summed E-state index contributed by atoms with van der Waals surface area (Å²) in [5.41, 5.74) is 0.406. The van der Waals surface area contributed by atoms with Crippen LogP contribution in [0, 0.1) is 0 Å². The number of anilines is 1. The lowest BCUT2D eigenvalue weighted by Gasteiger charge is -2.19. The second kappa shape index (κ2) is 10.5. The summed E-state index contributed by atoms with van der Waals surface area (Å²) in [5, 5.41) is 23.2. The van der Waals surface area contributed by atoms with Crippen LogP contribution in [0.15, 0.2) is 28.7 Å². The van der Waals surface area contributed by atoms with Crippen LogP contribution in [0.1, 0.15) is 30.4 Å². The Morgan fingerprint density at radius 2 is 1.72 bits per heavy atom. The minimum atomic E-state index is -1.25. The highest BCUT2D eigenvalue weighted by Crippen LogP contribution is 2.45. The number of hydrogen-bond donors (Lipinski definition) is 4. The lowest BCUT2D eigenvalue weighted by molar-refractivity contribution is -0.139. The van der Waals surface area contributed by atoms with Crippen molar-refractivity contribution in [2.45, 2.75) is 26.4 Å². The number of amides is 2. The summed E-state index contributed by atoms with van der Waals surface area (Å²) in [4.78, 5) is 46.3. The number of nitrogens with one attached hydrogen (secondary N) is 2. The molecule has 172 valence electrons. The molecule has 1 aromatic carbocycles. The Morgan fingerprint density at radius 3 is 2.25 bits per heavy atom. The first kappa shape index (κ1) is 25.1. The van der Waals surface area contributed by atoms with Crippen LogP contribution in [0.5, 0.6) is 5.75 Å². The number of hydrogen-bond acceptors (Lipinski definition) is 7. The third-order valence-electron chi connectivity index (χ3n) is 3.57. The molecular formula is C20H21BrN2O8S. The van der Waals surface area contributed by atoms with Crippen LogP contribution < -0.4 is 15.4 Å². The Balaban J connectivity index is 2.08. The van der Waals surface area contributed by atoms with Gasteiger partial charge in [0.1, 0.15) is 12.1 Å². The van der Waals surface area contributed by atoms with E-state index in [-0.39, 0.29) is 17.2 Å². The summed E-state index contributed by atoms with van der Waals surface area (Å²) in [5.74, 6) is -3.00. The van der Waals surface area contributed by atoms with Gasteiger partial charge in [-0.3, -0.25) is 4.79 Å². The zero-order chi connectivity index (χ0) is 24.1. The minimum Gasteiger partial charge on any atom is -0.479 e. The number of carbonyl (C=O) groups is 4. The maximum Gasteiger partial charge on any atom is 0.408 e. The highest BCUT2D eigenvalue weighted by Gasteiger charge is 2.24. The molecule has 1 heterocycles. The Labute approximate surface area is 195 Å². The van der Waals surface area contributed by atoms with E-state index in [4.69, 9.17) is 14.6 Å². The molecule has 0 fully saturated rings. The number of carboxylic acids is 2. The fourth-order valence-electron chi connectivity index (χ4n) is 2.36. The lowest BCUT2D eigenvalue weighted by Crippen LogP contribution is -2.37. The Kier molecular flexibility index (Phi) is 8.22. The number of carbonyl (C=O) groups excluding carboxylic acids is 2. The van der Waals surface area contributed by atoms with Crippen molar-refractivity contribution in [1.82, 2.24) is 5.32 Å². The first-order valence-electron chi connectivity index (χ1n) is 9.14. The number of aromatic carboxylic acids is 1. The molecule has 0 saturated heterocycles. The van der Waals surface area contributed by atoms with E-state index in [2.05, 4.69) is 26.6 Å². The summed E-state index contributed by atoms with van der Waals surface area (Å²) in [6.07, 6.45) is -0.708. The quantitative estimate of drug-likeness (QED) is 0.403. The third-order valence-corrected chi connectivity index (χ3v) is 5.79. The van der Waals surface area contributed by atoms with Crippen molar-refractivity contribution in [1.29, 1.82) is 0 Å². The molecule has 0 spiro atoms. The van der Waals surface area contributed by atoms with Crippen molar-refractivity contribution < 1.29 is 38.9 Å². The zero-order valence-corrected chi connectivity index (χ0v) is 19.8. The van der Waals surface area contributed by atoms with Crippen LogP contribution in [0.2, 0.25) is 0 Å². The molecule has 2 rings (SSSR count). The van der Waals surface area contributed by atoms with E-state index < -0.39 is 36.1 Å². The topological polar surface area (TPSA) is 151 Å². The molecule has 0 aliphatic rings. The molecule has 4 N–H and O–H groups in total. The maximum atomic E-state index is 12.0. The van der Waals surface area contributed by atoms with Crippen molar-refractivity contribution in [3.8, 4) is 16.2 Å². The second-order valence-electron chi connectivity index (χ2n) is 7.37. The van der Waals surface area contributed by atoms with Gasteiger partial charge in [0, 0.05) is 5.69 Å². The summed E-state index contributed by atoms with van der Waals surface area (Å²) < 4.78 is 10.5. The molecular weight excluding hydrogens is 508 g/mol. The predicted octanol–water partition coefficient (Wildman–Crippen LogP) is 3.80. The van der Waals surface area contributed by atoms with Gasteiger partial charge in [-0.25, -0.2) is 14.4 Å². The van der Waals surface area contributed by atoms with Crippen molar-refractivity contribution in [2.75, 3.05) is 18.5 Å². The smallest absolute Gasteiger partial charge is 0.408 e. The van der Waals surface area contributed by atoms with Gasteiger partial charge in [-0.2, -0.15) is 0 Å². The summed E-state index contributed by atoms with van der Waals surface area (Å²) in [6.45, 7) is 4.17. The number of benzene rings is 1.